The van der Waals surface area contributed by atoms with E-state index in [1.54, 1.807) is 18.2 Å². The number of phenolic OH excluding ortho intramolecular Hbond substituents is 1. The van der Waals surface area contributed by atoms with Gasteiger partial charge in [-0.05, 0) is 42.3 Å². The molecule has 0 unspecified atom stereocenters. The molecule has 0 radical (unpaired) electrons. The highest BCUT2D eigenvalue weighted by Gasteiger charge is 2.02. The molecule has 0 aliphatic rings. The summed E-state index contributed by atoms with van der Waals surface area (Å²) in [5.41, 5.74) is 1.75. The third kappa shape index (κ3) is 5.05. The van der Waals surface area contributed by atoms with Crippen molar-refractivity contribution in [1.29, 1.82) is 0 Å². The van der Waals surface area contributed by atoms with Gasteiger partial charge in [-0.3, -0.25) is 0 Å². The Morgan fingerprint density at radius 2 is 1.92 bits per heavy atom. The minimum Gasteiger partial charge on any atom is -0.504 e. The van der Waals surface area contributed by atoms with Gasteiger partial charge in [0.2, 0.25) is 0 Å². The van der Waals surface area contributed by atoms with E-state index in [9.17, 15) is 9.90 Å². The lowest BCUT2D eigenvalue weighted by Gasteiger charge is -2.08. The predicted molar refractivity (Wildman–Crippen MR) is 91.3 cm³/mol. The van der Waals surface area contributed by atoms with Gasteiger partial charge in [0.25, 0.3) is 0 Å². The molecule has 5 nitrogen and oxygen atoms in total. The molecule has 0 aromatic heterocycles. The van der Waals surface area contributed by atoms with Crippen molar-refractivity contribution in [2.45, 2.75) is 6.92 Å². The van der Waals surface area contributed by atoms with Crippen molar-refractivity contribution in [3.63, 3.8) is 0 Å². The van der Waals surface area contributed by atoms with Crippen LogP contribution in [0.15, 0.2) is 48.5 Å². The second-order valence-corrected chi connectivity index (χ2v) is 5.05. The molecule has 2 rings (SSSR count). The van der Waals surface area contributed by atoms with Crippen molar-refractivity contribution >= 4 is 12.0 Å². The summed E-state index contributed by atoms with van der Waals surface area (Å²) < 4.78 is 15.6. The molecular weight excluding hydrogens is 308 g/mol. The predicted octanol–water partition coefficient (Wildman–Crippen LogP) is 3.34. The van der Waals surface area contributed by atoms with Crippen LogP contribution in [0.3, 0.4) is 0 Å². The molecule has 2 aromatic carbocycles. The van der Waals surface area contributed by atoms with Crippen LogP contribution in [0.25, 0.3) is 6.08 Å². The number of hydrogen-bond acceptors (Lipinski definition) is 5. The molecule has 2 aromatic rings. The second kappa shape index (κ2) is 8.62. The van der Waals surface area contributed by atoms with Crippen LogP contribution in [0, 0.1) is 6.92 Å². The van der Waals surface area contributed by atoms with E-state index in [0.29, 0.717) is 5.75 Å². The van der Waals surface area contributed by atoms with E-state index in [4.69, 9.17) is 14.2 Å². The molecule has 126 valence electrons. The van der Waals surface area contributed by atoms with Gasteiger partial charge in [0.1, 0.15) is 19.0 Å². The van der Waals surface area contributed by atoms with Gasteiger partial charge in [0, 0.05) is 6.08 Å². The van der Waals surface area contributed by atoms with Gasteiger partial charge in [0.15, 0.2) is 11.5 Å². The minimum absolute atomic E-state index is 0.0468. The minimum atomic E-state index is -0.463. The van der Waals surface area contributed by atoms with Crippen molar-refractivity contribution < 1.29 is 24.1 Å². The van der Waals surface area contributed by atoms with Gasteiger partial charge in [0.05, 0.1) is 7.11 Å². The number of benzene rings is 2. The number of methoxy groups -OCH3 is 1. The van der Waals surface area contributed by atoms with Crippen LogP contribution in [0.5, 0.6) is 17.2 Å². The molecule has 5 heteroatoms. The molecule has 0 aliphatic heterocycles. The summed E-state index contributed by atoms with van der Waals surface area (Å²) in [6.07, 6.45) is 2.91. The zero-order chi connectivity index (χ0) is 17.4. The van der Waals surface area contributed by atoms with Gasteiger partial charge in [-0.2, -0.15) is 0 Å². The molecule has 0 saturated carbocycles. The number of esters is 1. The van der Waals surface area contributed by atoms with Crippen LogP contribution in [-0.4, -0.2) is 31.4 Å². The van der Waals surface area contributed by atoms with Crippen LogP contribution in [0.2, 0.25) is 0 Å². The van der Waals surface area contributed by atoms with E-state index >= 15 is 0 Å². The van der Waals surface area contributed by atoms with Crippen molar-refractivity contribution in [3.8, 4) is 17.2 Å². The Morgan fingerprint density at radius 1 is 1.12 bits per heavy atom. The molecular formula is C19H20O5. The zero-order valence-corrected chi connectivity index (χ0v) is 13.7. The van der Waals surface area contributed by atoms with Gasteiger partial charge in [-0.1, -0.05) is 24.3 Å². The monoisotopic (exact) mass is 328 g/mol. The lowest BCUT2D eigenvalue weighted by Crippen LogP contribution is -2.10. The topological polar surface area (TPSA) is 65.0 Å². The number of hydrogen-bond donors (Lipinski definition) is 1. The Bertz CT molecular complexity index is 721. The smallest absolute Gasteiger partial charge is 0.330 e. The maximum Gasteiger partial charge on any atom is 0.330 e. The lowest BCUT2D eigenvalue weighted by molar-refractivity contribution is -0.138. The van der Waals surface area contributed by atoms with E-state index in [0.717, 1.165) is 16.9 Å². The molecule has 0 spiro atoms. The van der Waals surface area contributed by atoms with E-state index < -0.39 is 5.97 Å². The summed E-state index contributed by atoms with van der Waals surface area (Å²) in [5, 5.41) is 9.51. The van der Waals surface area contributed by atoms with Crippen molar-refractivity contribution in [2.75, 3.05) is 20.3 Å². The van der Waals surface area contributed by atoms with Gasteiger partial charge in [-0.15, -0.1) is 0 Å². The first-order chi connectivity index (χ1) is 11.6. The Balaban J connectivity index is 1.78. The van der Waals surface area contributed by atoms with Crippen molar-refractivity contribution in [3.05, 3.63) is 59.7 Å². The van der Waals surface area contributed by atoms with Crippen LogP contribution >= 0.6 is 0 Å². The molecule has 0 saturated heterocycles. The fourth-order valence-electron chi connectivity index (χ4n) is 2.02. The third-order valence-electron chi connectivity index (χ3n) is 3.29. The van der Waals surface area contributed by atoms with Crippen molar-refractivity contribution in [1.82, 2.24) is 0 Å². The maximum absolute atomic E-state index is 11.7. The molecule has 0 atom stereocenters. The lowest BCUT2D eigenvalue weighted by atomic mass is 10.2. The maximum atomic E-state index is 11.7. The first-order valence-corrected chi connectivity index (χ1v) is 7.50. The molecule has 0 aliphatic carbocycles. The second-order valence-electron chi connectivity index (χ2n) is 5.05. The fourth-order valence-corrected chi connectivity index (χ4v) is 2.02. The van der Waals surface area contributed by atoms with Gasteiger partial charge >= 0.3 is 5.97 Å². The van der Waals surface area contributed by atoms with Crippen LogP contribution in [0.1, 0.15) is 11.1 Å². The fraction of sp³-hybridized carbons (Fsp3) is 0.211. The Kier molecular flexibility index (Phi) is 6.25. The summed E-state index contributed by atoms with van der Waals surface area (Å²) in [6.45, 7) is 2.41. The van der Waals surface area contributed by atoms with E-state index in [-0.39, 0.29) is 19.0 Å². The molecule has 24 heavy (non-hydrogen) atoms. The van der Waals surface area contributed by atoms with Crippen LogP contribution in [-0.2, 0) is 9.53 Å². The average molecular weight is 328 g/mol. The number of phenols is 1. The quantitative estimate of drug-likeness (QED) is 0.480. The summed E-state index contributed by atoms with van der Waals surface area (Å²) >= 11 is 0. The highest BCUT2D eigenvalue weighted by molar-refractivity contribution is 5.87. The first kappa shape index (κ1) is 17.4. The Labute approximate surface area is 141 Å². The molecule has 0 heterocycles. The normalized spacial score (nSPS) is 10.6. The van der Waals surface area contributed by atoms with Crippen LogP contribution in [0.4, 0.5) is 0 Å². The third-order valence-corrected chi connectivity index (χ3v) is 3.29. The summed E-state index contributed by atoms with van der Waals surface area (Å²) in [6, 6.07) is 12.4. The molecule has 0 bridgehead atoms. The molecule has 0 fully saturated rings. The number of carbonyl (C=O) groups excluding carboxylic acids is 1. The number of carbonyl (C=O) groups is 1. The van der Waals surface area contributed by atoms with Gasteiger partial charge < -0.3 is 19.3 Å². The zero-order valence-electron chi connectivity index (χ0n) is 13.7. The average Bonchev–Trinajstić information content (AvgIpc) is 2.59. The van der Waals surface area contributed by atoms with E-state index in [1.165, 1.54) is 19.3 Å². The Morgan fingerprint density at radius 3 is 2.67 bits per heavy atom. The highest BCUT2D eigenvalue weighted by atomic mass is 16.6. The molecule has 1 N–H and O–H groups in total. The number of ether oxygens (including phenoxy) is 3. The first-order valence-electron chi connectivity index (χ1n) is 7.50. The summed E-state index contributed by atoms with van der Waals surface area (Å²) in [7, 11) is 1.46. The molecule has 0 amide bonds. The van der Waals surface area contributed by atoms with E-state index in [2.05, 4.69) is 0 Å². The van der Waals surface area contributed by atoms with Crippen LogP contribution < -0.4 is 9.47 Å². The number of aromatic hydroxyl groups is 1. The SMILES string of the molecule is COc1cc(/C=C/C(=O)OCCOc2ccccc2C)ccc1O. The number of rotatable bonds is 7. The highest BCUT2D eigenvalue weighted by Crippen LogP contribution is 2.26. The summed E-state index contributed by atoms with van der Waals surface area (Å²) in [5.74, 6) is 0.707. The van der Waals surface area contributed by atoms with Gasteiger partial charge in [-0.25, -0.2) is 4.79 Å². The van der Waals surface area contributed by atoms with Crippen molar-refractivity contribution in [2.24, 2.45) is 0 Å². The number of aryl methyl sites for hydroxylation is 1. The number of para-hydroxylation sites is 1. The summed E-state index contributed by atoms with van der Waals surface area (Å²) in [4.78, 5) is 11.7. The standard InChI is InChI=1S/C19H20O5/c1-14-5-3-4-6-17(14)23-11-12-24-19(21)10-8-15-7-9-16(20)18(13-15)22-2/h3-10,13,20H,11-12H2,1-2H3/b10-8+. The Hall–Kier alpha value is -2.95. The van der Waals surface area contributed by atoms with E-state index in [1.807, 2.05) is 31.2 Å². The largest absolute Gasteiger partial charge is 0.504 e.